The Morgan fingerprint density at radius 1 is 1.71 bits per heavy atom. The van der Waals surface area contributed by atoms with Gasteiger partial charge in [-0.15, -0.1) is 0 Å². The largest absolute Gasteiger partial charge is 0.626 e. The molecule has 0 aliphatic heterocycles. The lowest BCUT2D eigenvalue weighted by Crippen LogP contribution is -2.60. The molecule has 0 aromatic heterocycles. The van der Waals surface area contributed by atoms with Crippen molar-refractivity contribution in [3.8, 4) is 0 Å². The molecule has 0 saturated carbocycles. The fourth-order valence-electron chi connectivity index (χ4n) is 0.365. The van der Waals surface area contributed by atoms with E-state index in [0.717, 1.165) is 19.3 Å². The van der Waals surface area contributed by atoms with E-state index in [4.69, 9.17) is 0 Å². The summed E-state index contributed by atoms with van der Waals surface area (Å²) in [6, 6.07) is 0. The summed E-state index contributed by atoms with van der Waals surface area (Å²) in [6.07, 6.45) is 4.68. The second-order valence-corrected chi connectivity index (χ2v) is 1.46. The van der Waals surface area contributed by atoms with Gasteiger partial charge in [0, 0.05) is 6.42 Å². The minimum absolute atomic E-state index is 0.889. The van der Waals surface area contributed by atoms with Crippen molar-refractivity contribution in [3.05, 3.63) is 5.21 Å². The Labute approximate surface area is 43.8 Å². The maximum Gasteiger partial charge on any atom is 0.148 e. The van der Waals surface area contributed by atoms with E-state index in [1.54, 1.807) is 5.16 Å². The first kappa shape index (κ1) is 6.47. The second-order valence-electron chi connectivity index (χ2n) is 1.46. The highest BCUT2D eigenvalue weighted by Gasteiger charge is 1.77. The highest BCUT2D eigenvalue weighted by atomic mass is 16.4. The van der Waals surface area contributed by atoms with Crippen molar-refractivity contribution in [2.24, 2.45) is 0 Å². The Bertz CT molecular complexity index is 52.0. The van der Waals surface area contributed by atoms with Gasteiger partial charge in [-0.2, -0.15) is 0 Å². The lowest BCUT2D eigenvalue weighted by Gasteiger charge is -1.82. The maximum absolute atomic E-state index is 9.50. The third-order valence-corrected chi connectivity index (χ3v) is 0.785. The fraction of sp³-hybridized carbons (Fsp3) is 0.800. The molecule has 0 saturated heterocycles. The van der Waals surface area contributed by atoms with Crippen LogP contribution >= 0.6 is 0 Å². The summed E-state index contributed by atoms with van der Waals surface area (Å²) in [4.78, 5) is 0. The van der Waals surface area contributed by atoms with Gasteiger partial charge >= 0.3 is 0 Å². The van der Waals surface area contributed by atoms with Crippen LogP contribution in [0.25, 0.3) is 0 Å². The molecule has 0 radical (unpaired) electrons. The van der Waals surface area contributed by atoms with Crippen molar-refractivity contribution in [1.82, 2.24) is 0 Å². The highest BCUT2D eigenvalue weighted by Crippen LogP contribution is 1.86. The smallest absolute Gasteiger partial charge is 0.148 e. The van der Waals surface area contributed by atoms with E-state index in [-0.39, 0.29) is 0 Å². The van der Waals surface area contributed by atoms with Gasteiger partial charge in [-0.05, 0) is 6.42 Å². The molecule has 0 atom stereocenters. The van der Waals surface area contributed by atoms with Gasteiger partial charge in [-0.1, -0.05) is 13.3 Å². The Hall–Kier alpha value is -0.530. The average molecular weight is 101 g/mol. The Morgan fingerprint density at radius 3 is 2.86 bits per heavy atom. The van der Waals surface area contributed by atoms with Crippen LogP contribution < -0.4 is 5.16 Å². The molecule has 0 fully saturated rings. The summed E-state index contributed by atoms with van der Waals surface area (Å²) < 4.78 is 0. The summed E-state index contributed by atoms with van der Waals surface area (Å²) >= 11 is 0. The van der Waals surface area contributed by atoms with Gasteiger partial charge in [-0.25, -0.2) is 5.16 Å². The lowest BCUT2D eigenvalue weighted by molar-refractivity contribution is -0.368. The zero-order valence-electron chi connectivity index (χ0n) is 4.61. The van der Waals surface area contributed by atoms with Gasteiger partial charge in [0.05, 0.1) is 0 Å². The van der Waals surface area contributed by atoms with Crippen LogP contribution in [-0.4, -0.2) is 6.21 Å². The van der Waals surface area contributed by atoms with Gasteiger partial charge < -0.3 is 5.21 Å². The van der Waals surface area contributed by atoms with E-state index in [1.165, 1.54) is 6.21 Å². The van der Waals surface area contributed by atoms with Crippen LogP contribution in [0, 0.1) is 5.21 Å². The van der Waals surface area contributed by atoms with Gasteiger partial charge in [0.25, 0.3) is 0 Å². The van der Waals surface area contributed by atoms with Crippen LogP contribution in [0.1, 0.15) is 26.2 Å². The van der Waals surface area contributed by atoms with Crippen LogP contribution in [-0.2, 0) is 0 Å². The third kappa shape index (κ3) is 5.47. The molecule has 0 spiro atoms. The zero-order chi connectivity index (χ0) is 5.54. The minimum atomic E-state index is 0.889. The van der Waals surface area contributed by atoms with Gasteiger partial charge in [0.15, 0.2) is 0 Å². The van der Waals surface area contributed by atoms with E-state index in [9.17, 15) is 5.21 Å². The Morgan fingerprint density at radius 2 is 2.43 bits per heavy atom. The molecule has 7 heavy (non-hydrogen) atoms. The average Bonchev–Trinajstić information content (AvgIpc) is 1.69. The summed E-state index contributed by atoms with van der Waals surface area (Å²) in [5.41, 5.74) is 0. The first-order valence-corrected chi connectivity index (χ1v) is 2.61. The lowest BCUT2D eigenvalue weighted by atomic mass is 10.3. The maximum atomic E-state index is 9.50. The van der Waals surface area contributed by atoms with Crippen LogP contribution in [0.15, 0.2) is 0 Å². The van der Waals surface area contributed by atoms with Crippen molar-refractivity contribution < 1.29 is 5.16 Å². The molecule has 0 amide bonds. The zero-order valence-corrected chi connectivity index (χ0v) is 4.61. The first-order valence-electron chi connectivity index (χ1n) is 2.61. The van der Waals surface area contributed by atoms with Gasteiger partial charge in [0.2, 0.25) is 0 Å². The molecule has 0 bridgehead atoms. The quantitative estimate of drug-likeness (QED) is 0.228. The predicted molar refractivity (Wildman–Crippen MR) is 29.9 cm³/mol. The van der Waals surface area contributed by atoms with Crippen LogP contribution in [0.5, 0.6) is 0 Å². The first-order chi connectivity index (χ1) is 3.41. The number of hydrogen-bond donors (Lipinski definition) is 1. The third-order valence-electron chi connectivity index (χ3n) is 0.785. The molecular weight excluding hydrogens is 90.1 g/mol. The molecule has 42 valence electrons. The van der Waals surface area contributed by atoms with E-state index >= 15 is 0 Å². The summed E-state index contributed by atoms with van der Waals surface area (Å²) in [5.74, 6) is 0. The number of unbranched alkanes of at least 4 members (excludes halogenated alkanes) is 2. The van der Waals surface area contributed by atoms with E-state index < -0.39 is 0 Å². The Kier molecular flexibility index (Phi) is 5.06. The number of nitrogens with one attached hydrogen (secondary N) is 1. The van der Waals surface area contributed by atoms with E-state index in [0.29, 0.717) is 0 Å². The number of hydrogen-bond acceptors (Lipinski definition) is 1. The second kappa shape index (κ2) is 5.47. The standard InChI is InChI=1S/C5H11NO/c1-2-3-4-5-6-7/h5-6H,2-4H2,1H3. The van der Waals surface area contributed by atoms with Gasteiger partial charge in [0.1, 0.15) is 6.21 Å². The normalized spacial score (nSPS) is 10.4. The molecule has 0 heterocycles. The molecule has 1 N–H and O–H groups in total. The monoisotopic (exact) mass is 101 g/mol. The summed E-state index contributed by atoms with van der Waals surface area (Å²) in [6.45, 7) is 2.10. The predicted octanol–water partition coefficient (Wildman–Crippen LogP) is -0.174. The molecular formula is C5H11NO. The number of rotatable bonds is 3. The van der Waals surface area contributed by atoms with Crippen molar-refractivity contribution in [2.45, 2.75) is 26.2 Å². The highest BCUT2D eigenvalue weighted by molar-refractivity contribution is 5.49. The molecule has 2 nitrogen and oxygen atoms in total. The van der Waals surface area contributed by atoms with E-state index in [1.807, 2.05) is 0 Å². The van der Waals surface area contributed by atoms with Crippen molar-refractivity contribution in [1.29, 1.82) is 0 Å². The SMILES string of the molecule is CCCCC=[NH+][O-]. The van der Waals surface area contributed by atoms with Gasteiger partial charge in [-0.3, -0.25) is 0 Å². The van der Waals surface area contributed by atoms with Crippen molar-refractivity contribution in [2.75, 3.05) is 0 Å². The molecule has 0 aromatic rings. The molecule has 0 aromatic carbocycles. The molecule has 0 aliphatic carbocycles. The van der Waals surface area contributed by atoms with Crippen molar-refractivity contribution in [3.63, 3.8) is 0 Å². The molecule has 2 heteroatoms. The van der Waals surface area contributed by atoms with Crippen LogP contribution in [0.3, 0.4) is 0 Å². The minimum Gasteiger partial charge on any atom is -0.626 e. The van der Waals surface area contributed by atoms with Crippen molar-refractivity contribution >= 4 is 6.21 Å². The molecule has 0 unspecified atom stereocenters. The Balaban J connectivity index is 2.69. The molecule has 0 aliphatic rings. The summed E-state index contributed by atoms with van der Waals surface area (Å²) in [7, 11) is 0. The van der Waals surface area contributed by atoms with Crippen LogP contribution in [0.4, 0.5) is 0 Å². The molecule has 0 rings (SSSR count). The fourth-order valence-corrected chi connectivity index (χ4v) is 0.365. The summed E-state index contributed by atoms with van der Waals surface area (Å²) in [5, 5.41) is 11.2. The van der Waals surface area contributed by atoms with Crippen LogP contribution in [0.2, 0.25) is 0 Å². The topological polar surface area (TPSA) is 37.0 Å². The van der Waals surface area contributed by atoms with E-state index in [2.05, 4.69) is 6.92 Å².